The monoisotopic (exact) mass is 286 g/mol. The first-order valence-corrected chi connectivity index (χ1v) is 7.66. The van der Waals surface area contributed by atoms with Crippen LogP contribution in [0.2, 0.25) is 0 Å². The van der Waals surface area contributed by atoms with Crippen LogP contribution in [0.1, 0.15) is 31.7 Å². The van der Waals surface area contributed by atoms with E-state index in [1.165, 1.54) is 11.3 Å². The highest BCUT2D eigenvalue weighted by molar-refractivity contribution is 5.62. The number of fused-ring (bicyclic) bond motifs is 1. The van der Waals surface area contributed by atoms with E-state index in [2.05, 4.69) is 58.5 Å². The summed E-state index contributed by atoms with van der Waals surface area (Å²) in [5.74, 6) is 1.22. The number of aromatic nitrogens is 2. The zero-order valence-electron chi connectivity index (χ0n) is 12.7. The van der Waals surface area contributed by atoms with Crippen LogP contribution in [-0.4, -0.2) is 23.3 Å². The van der Waals surface area contributed by atoms with E-state index in [0.29, 0.717) is 24.4 Å². The first kappa shape index (κ1) is 14.1. The lowest BCUT2D eigenvalue weighted by Gasteiger charge is -2.31. The van der Waals surface area contributed by atoms with E-state index in [-0.39, 0.29) is 0 Å². The Balaban J connectivity index is 1.80. The first-order chi connectivity index (χ1) is 10.3. The van der Waals surface area contributed by atoms with Crippen LogP contribution in [0.25, 0.3) is 0 Å². The van der Waals surface area contributed by atoms with Crippen molar-refractivity contribution in [2.24, 2.45) is 5.92 Å². The Morgan fingerprint density at radius 1 is 1.33 bits per heavy atom. The quantitative estimate of drug-likeness (QED) is 0.857. The lowest BCUT2D eigenvalue weighted by Crippen LogP contribution is -2.30. The van der Waals surface area contributed by atoms with Crippen molar-refractivity contribution in [3.8, 4) is 0 Å². The van der Waals surface area contributed by atoms with Crippen LogP contribution in [0.4, 0.5) is 11.7 Å². The molecule has 0 radical (unpaired) electrons. The largest absolute Gasteiger partial charge is 0.406 e. The molecule has 5 nitrogen and oxygen atoms in total. The lowest BCUT2D eigenvalue weighted by atomic mass is 9.94. The smallest absolute Gasteiger partial charge is 0.322 e. The van der Waals surface area contributed by atoms with Crippen molar-refractivity contribution in [2.45, 2.75) is 33.2 Å². The molecule has 3 rings (SSSR count). The van der Waals surface area contributed by atoms with Crippen molar-refractivity contribution >= 4 is 11.7 Å². The highest BCUT2D eigenvalue weighted by atomic mass is 16.4. The summed E-state index contributed by atoms with van der Waals surface area (Å²) in [5.41, 5.74) is 2.53. The number of nitrogens with zero attached hydrogens (tertiary/aromatic N) is 3. The summed E-state index contributed by atoms with van der Waals surface area (Å²) in [6.07, 6.45) is 2.20. The number of anilines is 2. The van der Waals surface area contributed by atoms with Gasteiger partial charge in [0.25, 0.3) is 0 Å². The van der Waals surface area contributed by atoms with Crippen LogP contribution < -0.4 is 10.2 Å². The highest BCUT2D eigenvalue weighted by Gasteiger charge is 2.26. The maximum atomic E-state index is 5.82. The zero-order valence-corrected chi connectivity index (χ0v) is 12.7. The molecule has 2 aromatic rings. The SMILES string of the molecule is CCCNCc1nnc(N2CC(C)Cc3ccccc32)o1. The van der Waals surface area contributed by atoms with Crippen molar-refractivity contribution in [3.63, 3.8) is 0 Å². The summed E-state index contributed by atoms with van der Waals surface area (Å²) in [7, 11) is 0. The molecule has 112 valence electrons. The number of benzene rings is 1. The van der Waals surface area contributed by atoms with Crippen molar-refractivity contribution in [2.75, 3.05) is 18.0 Å². The second kappa shape index (κ2) is 6.26. The van der Waals surface area contributed by atoms with Crippen molar-refractivity contribution < 1.29 is 4.42 Å². The molecule has 0 bridgehead atoms. The van der Waals surface area contributed by atoms with Gasteiger partial charge in [0, 0.05) is 12.2 Å². The van der Waals surface area contributed by atoms with Gasteiger partial charge in [-0.25, -0.2) is 0 Å². The Morgan fingerprint density at radius 3 is 3.05 bits per heavy atom. The number of hydrogen-bond donors (Lipinski definition) is 1. The maximum Gasteiger partial charge on any atom is 0.322 e. The molecule has 1 N–H and O–H groups in total. The third-order valence-electron chi connectivity index (χ3n) is 3.74. The van der Waals surface area contributed by atoms with Gasteiger partial charge in [-0.2, -0.15) is 0 Å². The standard InChI is InChI=1S/C16H22N4O/c1-3-8-17-10-15-18-19-16(21-15)20-11-12(2)9-13-6-4-5-7-14(13)20/h4-7,12,17H,3,8-11H2,1-2H3. The average molecular weight is 286 g/mol. The molecule has 0 aliphatic carbocycles. The molecule has 1 unspecified atom stereocenters. The summed E-state index contributed by atoms with van der Waals surface area (Å²) in [5, 5.41) is 11.6. The van der Waals surface area contributed by atoms with E-state index in [1.54, 1.807) is 0 Å². The lowest BCUT2D eigenvalue weighted by molar-refractivity contribution is 0.455. The molecule has 1 aliphatic rings. The number of nitrogens with one attached hydrogen (secondary N) is 1. The second-order valence-corrected chi connectivity index (χ2v) is 5.70. The zero-order chi connectivity index (χ0) is 14.7. The van der Waals surface area contributed by atoms with E-state index < -0.39 is 0 Å². The van der Waals surface area contributed by atoms with Crippen LogP contribution in [0, 0.1) is 5.92 Å². The molecule has 1 atom stereocenters. The minimum Gasteiger partial charge on any atom is -0.406 e. The fraction of sp³-hybridized carbons (Fsp3) is 0.500. The Bertz CT molecular complexity index is 595. The van der Waals surface area contributed by atoms with Crippen molar-refractivity contribution in [1.29, 1.82) is 0 Å². The summed E-state index contributed by atoms with van der Waals surface area (Å²) in [6.45, 7) is 6.90. The molecule has 0 saturated carbocycles. The molecule has 0 saturated heterocycles. The van der Waals surface area contributed by atoms with Gasteiger partial charge in [-0.05, 0) is 36.9 Å². The van der Waals surface area contributed by atoms with Crippen molar-refractivity contribution in [1.82, 2.24) is 15.5 Å². The van der Waals surface area contributed by atoms with Gasteiger partial charge in [-0.15, -0.1) is 5.10 Å². The van der Waals surface area contributed by atoms with Crippen LogP contribution in [0.3, 0.4) is 0 Å². The predicted molar refractivity (Wildman–Crippen MR) is 82.6 cm³/mol. The number of rotatable bonds is 5. The Labute approximate surface area is 125 Å². The molecule has 0 fully saturated rings. The van der Waals surface area contributed by atoms with E-state index >= 15 is 0 Å². The molecule has 1 aromatic carbocycles. The van der Waals surface area contributed by atoms with Gasteiger partial charge >= 0.3 is 6.01 Å². The van der Waals surface area contributed by atoms with E-state index in [9.17, 15) is 0 Å². The molecule has 0 amide bonds. The van der Waals surface area contributed by atoms with Gasteiger partial charge < -0.3 is 9.73 Å². The predicted octanol–water partition coefficient (Wildman–Crippen LogP) is 2.90. The fourth-order valence-electron chi connectivity index (χ4n) is 2.78. The molecule has 0 spiro atoms. The van der Waals surface area contributed by atoms with E-state index in [0.717, 1.165) is 25.9 Å². The number of hydrogen-bond acceptors (Lipinski definition) is 5. The topological polar surface area (TPSA) is 54.2 Å². The molecule has 1 aromatic heterocycles. The highest BCUT2D eigenvalue weighted by Crippen LogP contribution is 2.34. The summed E-state index contributed by atoms with van der Waals surface area (Å²) >= 11 is 0. The van der Waals surface area contributed by atoms with Gasteiger partial charge in [-0.1, -0.05) is 37.1 Å². The van der Waals surface area contributed by atoms with Gasteiger partial charge in [0.15, 0.2) is 0 Å². The van der Waals surface area contributed by atoms with Crippen LogP contribution >= 0.6 is 0 Å². The van der Waals surface area contributed by atoms with Crippen molar-refractivity contribution in [3.05, 3.63) is 35.7 Å². The summed E-state index contributed by atoms with van der Waals surface area (Å²) < 4.78 is 5.82. The normalized spacial score (nSPS) is 17.8. The Hall–Kier alpha value is -1.88. The molecule has 1 aliphatic heterocycles. The Morgan fingerprint density at radius 2 is 2.19 bits per heavy atom. The van der Waals surface area contributed by atoms with Gasteiger partial charge in [-0.3, -0.25) is 4.90 Å². The summed E-state index contributed by atoms with van der Waals surface area (Å²) in [6, 6.07) is 9.05. The van der Waals surface area contributed by atoms with Crippen LogP contribution in [-0.2, 0) is 13.0 Å². The van der Waals surface area contributed by atoms with Gasteiger partial charge in [0.05, 0.1) is 6.54 Å². The maximum absolute atomic E-state index is 5.82. The second-order valence-electron chi connectivity index (χ2n) is 5.70. The molecular formula is C16H22N4O. The molecule has 2 heterocycles. The van der Waals surface area contributed by atoms with Crippen LogP contribution in [0.5, 0.6) is 0 Å². The summed E-state index contributed by atoms with van der Waals surface area (Å²) in [4.78, 5) is 2.14. The third kappa shape index (κ3) is 3.08. The third-order valence-corrected chi connectivity index (χ3v) is 3.74. The molecule has 5 heteroatoms. The van der Waals surface area contributed by atoms with Crippen LogP contribution in [0.15, 0.2) is 28.7 Å². The number of para-hydroxylation sites is 1. The molecule has 21 heavy (non-hydrogen) atoms. The van der Waals surface area contributed by atoms with E-state index in [4.69, 9.17) is 4.42 Å². The average Bonchev–Trinajstić information content (AvgIpc) is 2.95. The van der Waals surface area contributed by atoms with Gasteiger partial charge in [0.2, 0.25) is 5.89 Å². The first-order valence-electron chi connectivity index (χ1n) is 7.66. The molecular weight excluding hydrogens is 264 g/mol. The van der Waals surface area contributed by atoms with E-state index in [1.807, 2.05) is 0 Å². The fourth-order valence-corrected chi connectivity index (χ4v) is 2.78. The Kier molecular flexibility index (Phi) is 4.20. The van der Waals surface area contributed by atoms with Gasteiger partial charge in [0.1, 0.15) is 0 Å². The minimum atomic E-state index is 0.577. The minimum absolute atomic E-state index is 0.577.